The van der Waals surface area contributed by atoms with Crippen LogP contribution in [0.2, 0.25) is 0 Å². The zero-order valence-corrected chi connectivity index (χ0v) is 12.4. The lowest BCUT2D eigenvalue weighted by Gasteiger charge is -2.14. The van der Waals surface area contributed by atoms with Gasteiger partial charge in [-0.15, -0.1) is 0 Å². The molecule has 106 valence electrons. The molecule has 0 fully saturated rings. The van der Waals surface area contributed by atoms with E-state index < -0.39 is 15.9 Å². The molecule has 0 atom stereocenters. The lowest BCUT2D eigenvalue weighted by Crippen LogP contribution is -2.30. The van der Waals surface area contributed by atoms with Crippen molar-refractivity contribution in [1.29, 1.82) is 0 Å². The van der Waals surface area contributed by atoms with Crippen LogP contribution in [-0.2, 0) is 10.0 Å². The normalized spacial score (nSPS) is 11.3. The highest BCUT2D eigenvalue weighted by Crippen LogP contribution is 2.20. The molecule has 2 rings (SSSR count). The summed E-state index contributed by atoms with van der Waals surface area (Å²) in [6.45, 7) is 3.86. The second-order valence-electron chi connectivity index (χ2n) is 4.67. The first-order valence-electron chi connectivity index (χ1n) is 6.06. The maximum Gasteiger partial charge on any atom is 0.266 e. The molecule has 0 aliphatic heterocycles. The second kappa shape index (κ2) is 5.13. The van der Waals surface area contributed by atoms with E-state index >= 15 is 0 Å². The first-order chi connectivity index (χ1) is 9.29. The van der Waals surface area contributed by atoms with Gasteiger partial charge in [-0.05, 0) is 38.1 Å². The molecular formula is C14H16N2O3S. The number of nitrogens with one attached hydrogen (secondary N) is 1. The van der Waals surface area contributed by atoms with Crippen molar-refractivity contribution in [2.45, 2.75) is 13.8 Å². The number of aromatic nitrogens is 1. The number of aryl methyl sites for hydroxylation is 2. The van der Waals surface area contributed by atoms with Gasteiger partial charge in [-0.25, -0.2) is 13.1 Å². The fourth-order valence-electron chi connectivity index (χ4n) is 2.13. The van der Waals surface area contributed by atoms with Gasteiger partial charge < -0.3 is 4.57 Å². The first kappa shape index (κ1) is 14.3. The molecular weight excluding hydrogens is 276 g/mol. The Morgan fingerprint density at radius 2 is 1.60 bits per heavy atom. The summed E-state index contributed by atoms with van der Waals surface area (Å²) >= 11 is 0. The summed E-state index contributed by atoms with van der Waals surface area (Å²) in [7, 11) is -3.59. The zero-order chi connectivity index (χ0) is 14.9. The fraction of sp³-hybridized carbons (Fsp3) is 0.214. The van der Waals surface area contributed by atoms with Crippen LogP contribution in [0.1, 0.15) is 21.7 Å². The van der Waals surface area contributed by atoms with Crippen LogP contribution in [0, 0.1) is 13.8 Å². The Kier molecular flexibility index (Phi) is 3.67. The number of benzene rings is 1. The Labute approximate surface area is 118 Å². The Bertz CT molecular complexity index is 741. The largest absolute Gasteiger partial charge is 0.318 e. The van der Waals surface area contributed by atoms with Gasteiger partial charge in [0.25, 0.3) is 5.91 Å². The molecule has 6 heteroatoms. The van der Waals surface area contributed by atoms with Gasteiger partial charge in [0, 0.05) is 11.4 Å². The maximum absolute atomic E-state index is 12.1. The summed E-state index contributed by atoms with van der Waals surface area (Å²) < 4.78 is 26.3. The van der Waals surface area contributed by atoms with Crippen LogP contribution in [0.25, 0.3) is 5.69 Å². The van der Waals surface area contributed by atoms with Crippen LogP contribution in [0.15, 0.2) is 36.4 Å². The molecule has 0 radical (unpaired) electrons. The van der Waals surface area contributed by atoms with Crippen molar-refractivity contribution in [3.05, 3.63) is 53.3 Å². The van der Waals surface area contributed by atoms with Crippen molar-refractivity contribution < 1.29 is 13.2 Å². The second-order valence-corrected chi connectivity index (χ2v) is 6.42. The molecule has 1 amide bonds. The molecule has 0 aliphatic rings. The minimum atomic E-state index is -3.59. The Morgan fingerprint density at radius 1 is 1.05 bits per heavy atom. The van der Waals surface area contributed by atoms with Gasteiger partial charge >= 0.3 is 0 Å². The minimum absolute atomic E-state index is 0.320. The van der Waals surface area contributed by atoms with Crippen molar-refractivity contribution >= 4 is 15.9 Å². The Balaban J connectivity index is 2.55. The highest BCUT2D eigenvalue weighted by atomic mass is 32.2. The molecule has 2 aromatic rings. The van der Waals surface area contributed by atoms with Crippen molar-refractivity contribution in [1.82, 2.24) is 9.29 Å². The van der Waals surface area contributed by atoms with Gasteiger partial charge in [0.15, 0.2) is 0 Å². The number of amides is 1. The van der Waals surface area contributed by atoms with Gasteiger partial charge in [0.05, 0.1) is 17.5 Å². The molecule has 0 spiro atoms. The van der Waals surface area contributed by atoms with E-state index in [0.29, 0.717) is 11.3 Å². The predicted molar refractivity (Wildman–Crippen MR) is 77.6 cm³/mol. The van der Waals surface area contributed by atoms with E-state index in [9.17, 15) is 13.2 Å². The van der Waals surface area contributed by atoms with Gasteiger partial charge in [-0.3, -0.25) is 4.79 Å². The van der Waals surface area contributed by atoms with Gasteiger partial charge in [-0.1, -0.05) is 12.1 Å². The van der Waals surface area contributed by atoms with E-state index in [-0.39, 0.29) is 0 Å². The zero-order valence-electron chi connectivity index (χ0n) is 11.5. The molecule has 1 aromatic heterocycles. The summed E-state index contributed by atoms with van der Waals surface area (Å²) in [6.07, 6.45) is 0.958. The SMILES string of the molecule is Cc1ccc(C)n1-c1ccccc1C(=O)NS(C)(=O)=O. The monoisotopic (exact) mass is 292 g/mol. The van der Waals surface area contributed by atoms with Crippen molar-refractivity contribution in [2.75, 3.05) is 6.26 Å². The number of nitrogens with zero attached hydrogens (tertiary/aromatic N) is 1. The number of carbonyl (C=O) groups is 1. The quantitative estimate of drug-likeness (QED) is 0.937. The van der Waals surface area contributed by atoms with Gasteiger partial charge in [0.1, 0.15) is 0 Å². The molecule has 1 aromatic carbocycles. The average Bonchev–Trinajstić information content (AvgIpc) is 2.67. The Hall–Kier alpha value is -2.08. The number of carbonyl (C=O) groups excluding carboxylic acids is 1. The molecule has 5 nitrogen and oxygen atoms in total. The molecule has 1 N–H and O–H groups in total. The van der Waals surface area contributed by atoms with Crippen LogP contribution in [0.5, 0.6) is 0 Å². The maximum atomic E-state index is 12.1. The molecule has 0 aliphatic carbocycles. The molecule has 0 unspecified atom stereocenters. The molecule has 0 saturated heterocycles. The van der Waals surface area contributed by atoms with Crippen LogP contribution in [0.3, 0.4) is 0 Å². The van der Waals surface area contributed by atoms with Gasteiger partial charge in [0.2, 0.25) is 10.0 Å². The summed E-state index contributed by atoms with van der Waals surface area (Å²) in [5.74, 6) is -0.629. The fourth-order valence-corrected chi connectivity index (χ4v) is 2.58. The summed E-state index contributed by atoms with van der Waals surface area (Å²) in [6, 6.07) is 10.8. The van der Waals surface area contributed by atoms with Crippen LogP contribution in [0.4, 0.5) is 0 Å². The lowest BCUT2D eigenvalue weighted by molar-refractivity contribution is 0.0981. The van der Waals surface area contributed by atoms with E-state index in [1.165, 1.54) is 0 Å². The van der Waals surface area contributed by atoms with Crippen molar-refractivity contribution in [3.63, 3.8) is 0 Å². The smallest absolute Gasteiger partial charge is 0.266 e. The highest BCUT2D eigenvalue weighted by Gasteiger charge is 2.17. The minimum Gasteiger partial charge on any atom is -0.318 e. The van der Waals surface area contributed by atoms with E-state index in [4.69, 9.17) is 0 Å². The van der Waals surface area contributed by atoms with E-state index in [2.05, 4.69) is 0 Å². The number of hydrogen-bond donors (Lipinski definition) is 1. The van der Waals surface area contributed by atoms with E-state index in [1.807, 2.05) is 41.3 Å². The molecule has 0 saturated carbocycles. The van der Waals surface area contributed by atoms with Crippen LogP contribution >= 0.6 is 0 Å². The van der Waals surface area contributed by atoms with Crippen LogP contribution < -0.4 is 4.72 Å². The Morgan fingerprint density at radius 3 is 2.15 bits per heavy atom. The number of hydrogen-bond acceptors (Lipinski definition) is 3. The number of rotatable bonds is 3. The van der Waals surface area contributed by atoms with Crippen LogP contribution in [-0.4, -0.2) is 25.1 Å². The molecule has 1 heterocycles. The van der Waals surface area contributed by atoms with Crippen molar-refractivity contribution in [3.8, 4) is 5.69 Å². The standard InChI is InChI=1S/C14H16N2O3S/c1-10-8-9-11(2)16(10)13-7-5-4-6-12(13)14(17)15-20(3,18)19/h4-9H,1-3H3,(H,15,17). The molecule has 20 heavy (non-hydrogen) atoms. The number of para-hydroxylation sites is 1. The average molecular weight is 292 g/mol. The first-order valence-corrected chi connectivity index (χ1v) is 7.95. The summed E-state index contributed by atoms with van der Waals surface area (Å²) in [5.41, 5.74) is 2.93. The molecule has 0 bridgehead atoms. The third-order valence-corrected chi connectivity index (χ3v) is 3.50. The lowest BCUT2D eigenvalue weighted by atomic mass is 10.1. The number of sulfonamides is 1. The van der Waals surface area contributed by atoms with E-state index in [1.54, 1.807) is 18.2 Å². The summed E-state index contributed by atoms with van der Waals surface area (Å²) in [5, 5.41) is 0. The predicted octanol–water partition coefficient (Wildman–Crippen LogP) is 1.78. The van der Waals surface area contributed by atoms with E-state index in [0.717, 1.165) is 17.6 Å². The summed E-state index contributed by atoms with van der Waals surface area (Å²) in [4.78, 5) is 12.1. The highest BCUT2D eigenvalue weighted by molar-refractivity contribution is 7.89. The van der Waals surface area contributed by atoms with Crippen molar-refractivity contribution in [2.24, 2.45) is 0 Å². The topological polar surface area (TPSA) is 68.2 Å². The third-order valence-electron chi connectivity index (χ3n) is 2.94. The third kappa shape index (κ3) is 2.91. The van der Waals surface area contributed by atoms with Gasteiger partial charge in [-0.2, -0.15) is 0 Å².